The van der Waals surface area contributed by atoms with Crippen LogP contribution in [-0.2, 0) is 14.3 Å². The van der Waals surface area contributed by atoms with Crippen molar-refractivity contribution in [3.63, 3.8) is 0 Å². The van der Waals surface area contributed by atoms with E-state index in [4.69, 9.17) is 9.84 Å². The maximum absolute atomic E-state index is 12.5. The quantitative estimate of drug-likeness (QED) is 0.736. The van der Waals surface area contributed by atoms with Crippen molar-refractivity contribution in [1.29, 1.82) is 0 Å². The number of aromatic nitrogens is 1. The van der Waals surface area contributed by atoms with Crippen LogP contribution in [0, 0.1) is 0 Å². The molecule has 1 aliphatic rings. The molecule has 2 heterocycles. The van der Waals surface area contributed by atoms with Crippen LogP contribution >= 0.6 is 0 Å². The first-order valence-corrected chi connectivity index (χ1v) is 6.93. The van der Waals surface area contributed by atoms with Crippen LogP contribution in [0.4, 0.5) is 5.69 Å². The molecule has 3 rings (SSSR count). The van der Waals surface area contributed by atoms with Crippen LogP contribution in [0.5, 0.6) is 0 Å². The largest absolute Gasteiger partial charge is 0.481 e. The molecule has 1 aliphatic heterocycles. The number of rotatable bonds is 3. The molecule has 0 unspecified atom stereocenters. The zero-order chi connectivity index (χ0) is 16.6. The minimum absolute atomic E-state index is 0.00470. The van der Waals surface area contributed by atoms with Gasteiger partial charge in [0.1, 0.15) is 6.42 Å². The van der Waals surface area contributed by atoms with Gasteiger partial charge in [-0.2, -0.15) is 0 Å². The summed E-state index contributed by atoms with van der Waals surface area (Å²) < 4.78 is 5.00. The van der Waals surface area contributed by atoms with Gasteiger partial charge in [0.05, 0.1) is 17.8 Å². The number of amides is 1. The molecule has 1 fully saturated rings. The zero-order valence-corrected chi connectivity index (χ0v) is 12.0. The number of morpholine rings is 1. The molecule has 1 amide bonds. The molecule has 2 aromatic rings. The number of fused-ring (bicyclic) bond motifs is 1. The highest BCUT2D eigenvalue weighted by atomic mass is 16.6. The van der Waals surface area contributed by atoms with Crippen molar-refractivity contribution < 1.29 is 24.5 Å². The first-order valence-electron chi connectivity index (χ1n) is 6.93. The molecular formula is C15H14N2O6. The van der Waals surface area contributed by atoms with Gasteiger partial charge < -0.3 is 24.8 Å². The molecule has 0 saturated carbocycles. The summed E-state index contributed by atoms with van der Waals surface area (Å²) >= 11 is 0. The van der Waals surface area contributed by atoms with Gasteiger partial charge in [-0.15, -0.1) is 0 Å². The molecule has 8 heteroatoms. The van der Waals surface area contributed by atoms with Gasteiger partial charge in [-0.05, 0) is 18.2 Å². The fraction of sp³-hybridized carbons (Fsp3) is 0.267. The van der Waals surface area contributed by atoms with Crippen LogP contribution in [0.1, 0.15) is 6.42 Å². The lowest BCUT2D eigenvalue weighted by atomic mass is 10.1. The molecule has 23 heavy (non-hydrogen) atoms. The number of hydrogen-bond donors (Lipinski definition) is 3. The highest BCUT2D eigenvalue weighted by Crippen LogP contribution is 2.30. The zero-order valence-electron chi connectivity index (χ0n) is 12.0. The fourth-order valence-corrected chi connectivity index (χ4v) is 2.65. The van der Waals surface area contributed by atoms with Crippen molar-refractivity contribution in [3.8, 4) is 0 Å². The number of hydrogen-bond acceptors (Lipinski definition) is 5. The highest BCUT2D eigenvalue weighted by molar-refractivity contribution is 6.06. The van der Waals surface area contributed by atoms with E-state index in [1.165, 1.54) is 11.0 Å². The van der Waals surface area contributed by atoms with Crippen molar-refractivity contribution >= 4 is 28.5 Å². The summed E-state index contributed by atoms with van der Waals surface area (Å²) in [6.07, 6.45) is -0.843. The lowest BCUT2D eigenvalue weighted by molar-refractivity contribution is -0.217. The molecule has 1 aromatic heterocycles. The first kappa shape index (κ1) is 15.2. The Balaban J connectivity index is 2.06. The lowest BCUT2D eigenvalue weighted by Gasteiger charge is -2.37. The average molecular weight is 318 g/mol. The number of anilines is 1. The Morgan fingerprint density at radius 3 is 2.83 bits per heavy atom. The molecule has 0 aliphatic carbocycles. The minimum atomic E-state index is -2.39. The van der Waals surface area contributed by atoms with Gasteiger partial charge in [0, 0.05) is 18.0 Å². The third-order valence-corrected chi connectivity index (χ3v) is 3.66. The van der Waals surface area contributed by atoms with Crippen molar-refractivity contribution in [2.75, 3.05) is 18.1 Å². The summed E-state index contributed by atoms with van der Waals surface area (Å²) in [6.45, 7) is 0.161. The predicted molar refractivity (Wildman–Crippen MR) is 80.1 cm³/mol. The first-order chi connectivity index (χ1) is 10.9. The molecule has 1 aromatic carbocycles. The topological polar surface area (TPSA) is 120 Å². The van der Waals surface area contributed by atoms with Crippen LogP contribution < -0.4 is 10.5 Å². The van der Waals surface area contributed by atoms with Gasteiger partial charge in [0.2, 0.25) is 5.56 Å². The van der Waals surface area contributed by atoms with Crippen LogP contribution in [0.3, 0.4) is 0 Å². The van der Waals surface area contributed by atoms with E-state index in [0.29, 0.717) is 16.6 Å². The Labute approximate surface area is 129 Å². The summed E-state index contributed by atoms with van der Waals surface area (Å²) in [7, 11) is 0. The minimum Gasteiger partial charge on any atom is -0.481 e. The second-order valence-corrected chi connectivity index (χ2v) is 5.22. The van der Waals surface area contributed by atoms with E-state index in [1.807, 2.05) is 0 Å². The summed E-state index contributed by atoms with van der Waals surface area (Å²) in [5, 5.41) is 19.7. The molecule has 0 spiro atoms. The normalized spacial score (nSPS) is 21.6. The van der Waals surface area contributed by atoms with E-state index in [9.17, 15) is 19.5 Å². The number of pyridine rings is 1. The number of carbonyl (C=O) groups is 2. The predicted octanol–water partition coefficient (Wildman–Crippen LogP) is 0.0546. The van der Waals surface area contributed by atoms with Gasteiger partial charge in [-0.3, -0.25) is 14.4 Å². The van der Waals surface area contributed by atoms with Gasteiger partial charge >= 0.3 is 5.97 Å². The number of benzene rings is 1. The van der Waals surface area contributed by atoms with Crippen molar-refractivity contribution in [3.05, 3.63) is 40.7 Å². The second-order valence-electron chi connectivity index (χ2n) is 5.22. The molecule has 1 saturated heterocycles. The van der Waals surface area contributed by atoms with E-state index in [1.54, 1.807) is 24.3 Å². The molecule has 1 atom stereocenters. The van der Waals surface area contributed by atoms with Gasteiger partial charge in [-0.25, -0.2) is 0 Å². The molecule has 120 valence electrons. The van der Waals surface area contributed by atoms with E-state index in [2.05, 4.69) is 4.98 Å². The molecule has 0 bridgehead atoms. The fourth-order valence-electron chi connectivity index (χ4n) is 2.65. The number of H-pyrrole nitrogens is 1. The third kappa shape index (κ3) is 2.69. The Kier molecular flexibility index (Phi) is 3.63. The Morgan fingerprint density at radius 2 is 2.09 bits per heavy atom. The summed E-state index contributed by atoms with van der Waals surface area (Å²) in [4.78, 5) is 38.7. The van der Waals surface area contributed by atoms with Crippen molar-refractivity contribution in [1.82, 2.24) is 4.98 Å². The third-order valence-electron chi connectivity index (χ3n) is 3.66. The number of aromatic amines is 1. The Bertz CT molecular complexity index is 845. The van der Waals surface area contributed by atoms with E-state index < -0.39 is 24.1 Å². The van der Waals surface area contributed by atoms with Gasteiger partial charge in [0.15, 0.2) is 0 Å². The summed E-state index contributed by atoms with van der Waals surface area (Å²) in [6, 6.07) is 7.91. The van der Waals surface area contributed by atoms with Crippen LogP contribution in [0.2, 0.25) is 0 Å². The Morgan fingerprint density at radius 1 is 1.30 bits per heavy atom. The number of aliphatic carboxylic acids is 1. The van der Waals surface area contributed by atoms with Crippen LogP contribution in [-0.4, -0.2) is 46.0 Å². The molecule has 3 N–H and O–H groups in total. The smallest absolute Gasteiger partial charge is 0.309 e. The molecular weight excluding hydrogens is 304 g/mol. The molecule has 8 nitrogen and oxygen atoms in total. The number of ether oxygens (including phenoxy) is 1. The standard InChI is InChI=1S/C15H14N2O6/c18-12-5-4-9-10(16-12)2-1-3-11(9)17-6-7-23-15(22,14(17)21)8-13(19)20/h1-5,22H,6-8H2,(H,16,18)(H,19,20)/t15-/m0/s1. The van der Waals surface area contributed by atoms with Crippen molar-refractivity contribution in [2.45, 2.75) is 12.2 Å². The number of carbonyl (C=O) groups excluding carboxylic acids is 1. The lowest BCUT2D eigenvalue weighted by Crippen LogP contribution is -2.58. The maximum atomic E-state index is 12.5. The number of nitrogens with zero attached hydrogens (tertiary/aromatic N) is 1. The summed E-state index contributed by atoms with van der Waals surface area (Å²) in [5.41, 5.74) is 0.734. The Hall–Kier alpha value is -2.71. The maximum Gasteiger partial charge on any atom is 0.309 e. The second kappa shape index (κ2) is 5.49. The van der Waals surface area contributed by atoms with Crippen LogP contribution in [0.25, 0.3) is 10.9 Å². The SMILES string of the molecule is O=C(O)C[C@]1(O)OCCN(c2cccc3[nH]c(=O)ccc23)C1=O. The van der Waals surface area contributed by atoms with E-state index in [-0.39, 0.29) is 18.7 Å². The van der Waals surface area contributed by atoms with Gasteiger partial charge in [0.25, 0.3) is 11.7 Å². The van der Waals surface area contributed by atoms with E-state index in [0.717, 1.165) is 0 Å². The van der Waals surface area contributed by atoms with Gasteiger partial charge in [-0.1, -0.05) is 6.07 Å². The van der Waals surface area contributed by atoms with Crippen molar-refractivity contribution in [2.24, 2.45) is 0 Å². The van der Waals surface area contributed by atoms with Crippen LogP contribution in [0.15, 0.2) is 35.1 Å². The summed E-state index contributed by atoms with van der Waals surface area (Å²) in [5.74, 6) is -4.58. The molecule has 0 radical (unpaired) electrons. The number of aliphatic hydroxyl groups is 1. The monoisotopic (exact) mass is 318 g/mol. The highest BCUT2D eigenvalue weighted by Gasteiger charge is 2.46. The number of carboxylic acid groups (broad SMARTS) is 1. The van der Waals surface area contributed by atoms with E-state index >= 15 is 0 Å². The number of carboxylic acids is 1. The number of nitrogens with one attached hydrogen (secondary N) is 1. The average Bonchev–Trinajstić information content (AvgIpc) is 2.48.